The number of hydrogen-bond acceptors (Lipinski definition) is 4. The van der Waals surface area contributed by atoms with E-state index in [1.165, 1.54) is 18.2 Å². The number of rotatable bonds is 2. The smallest absolute Gasteiger partial charge is 0.387 e. The van der Waals surface area contributed by atoms with E-state index < -0.39 is 39.0 Å². The predicted octanol–water partition coefficient (Wildman–Crippen LogP) is 2.63. The van der Waals surface area contributed by atoms with E-state index in [1.807, 2.05) is 0 Å². The molecule has 0 saturated heterocycles. The fraction of sp³-hybridized carbons (Fsp3) is 0.250. The van der Waals surface area contributed by atoms with Gasteiger partial charge in [0.25, 0.3) is 0 Å². The Balaban J connectivity index is 1.98. The largest absolute Gasteiger partial charge is 0.416 e. The standard InChI is InChI=1S/C16H13F3O4S/c17-16(18,19)10-7-5-9(6-8-10)13(20)15-14(21)11-3-1-2-4-12(11)24(15,22)23/h1-8,13-15,20-21H. The molecule has 0 spiro atoms. The fourth-order valence-electron chi connectivity index (χ4n) is 2.88. The summed E-state index contributed by atoms with van der Waals surface area (Å²) < 4.78 is 62.8. The third kappa shape index (κ3) is 2.60. The number of aliphatic hydroxyl groups is 2. The molecule has 3 rings (SSSR count). The molecule has 0 saturated carbocycles. The lowest BCUT2D eigenvalue weighted by Crippen LogP contribution is -2.29. The molecule has 0 fully saturated rings. The summed E-state index contributed by atoms with van der Waals surface area (Å²) in [6.45, 7) is 0. The third-order valence-corrected chi connectivity index (χ3v) is 6.32. The average Bonchev–Trinajstić information content (AvgIpc) is 2.73. The lowest BCUT2D eigenvalue weighted by atomic mass is 9.98. The van der Waals surface area contributed by atoms with Crippen molar-refractivity contribution in [1.29, 1.82) is 0 Å². The Morgan fingerprint density at radius 1 is 1.00 bits per heavy atom. The van der Waals surface area contributed by atoms with Gasteiger partial charge in [-0.3, -0.25) is 0 Å². The van der Waals surface area contributed by atoms with Crippen molar-refractivity contribution in [2.24, 2.45) is 0 Å². The summed E-state index contributed by atoms with van der Waals surface area (Å²) in [5.74, 6) is 0. The quantitative estimate of drug-likeness (QED) is 0.866. The zero-order valence-electron chi connectivity index (χ0n) is 12.1. The first-order chi connectivity index (χ1) is 11.1. The zero-order valence-corrected chi connectivity index (χ0v) is 12.9. The third-order valence-electron chi connectivity index (χ3n) is 4.10. The number of benzene rings is 2. The van der Waals surface area contributed by atoms with Gasteiger partial charge in [0, 0.05) is 5.56 Å². The Morgan fingerprint density at radius 3 is 2.12 bits per heavy atom. The minimum atomic E-state index is -4.53. The van der Waals surface area contributed by atoms with Crippen LogP contribution in [-0.4, -0.2) is 23.9 Å². The number of alkyl halides is 3. The maximum atomic E-state index is 12.6. The Hall–Kier alpha value is -1.90. The van der Waals surface area contributed by atoms with Gasteiger partial charge in [-0.1, -0.05) is 30.3 Å². The van der Waals surface area contributed by atoms with Crippen molar-refractivity contribution >= 4 is 9.84 Å². The molecule has 0 aliphatic carbocycles. The van der Waals surface area contributed by atoms with Crippen LogP contribution in [0.1, 0.15) is 28.9 Å². The zero-order chi connectivity index (χ0) is 17.7. The number of halogens is 3. The van der Waals surface area contributed by atoms with Crippen molar-refractivity contribution in [2.45, 2.75) is 28.5 Å². The first kappa shape index (κ1) is 16.9. The van der Waals surface area contributed by atoms with Crippen molar-refractivity contribution in [3.8, 4) is 0 Å². The summed E-state index contributed by atoms with van der Waals surface area (Å²) in [4.78, 5) is -0.0755. The van der Waals surface area contributed by atoms with Gasteiger partial charge in [-0.15, -0.1) is 0 Å². The Labute approximate surface area is 136 Å². The molecule has 0 radical (unpaired) electrons. The normalized spacial score (nSPS) is 23.7. The number of hydrogen-bond donors (Lipinski definition) is 2. The highest BCUT2D eigenvalue weighted by Crippen LogP contribution is 2.44. The summed E-state index contributed by atoms with van der Waals surface area (Å²) in [6.07, 6.45) is -7.64. The Bertz CT molecular complexity index is 860. The fourth-order valence-corrected chi connectivity index (χ4v) is 4.94. The molecule has 8 heteroatoms. The van der Waals surface area contributed by atoms with Gasteiger partial charge in [0.05, 0.1) is 16.6 Å². The van der Waals surface area contributed by atoms with Crippen molar-refractivity contribution in [3.05, 3.63) is 65.2 Å². The van der Waals surface area contributed by atoms with Crippen LogP contribution >= 0.6 is 0 Å². The number of fused-ring (bicyclic) bond motifs is 1. The van der Waals surface area contributed by atoms with Crippen molar-refractivity contribution in [3.63, 3.8) is 0 Å². The van der Waals surface area contributed by atoms with Crippen LogP contribution in [0.2, 0.25) is 0 Å². The van der Waals surface area contributed by atoms with Crippen molar-refractivity contribution in [1.82, 2.24) is 0 Å². The second kappa shape index (κ2) is 5.58. The highest BCUT2D eigenvalue weighted by atomic mass is 32.2. The van der Waals surface area contributed by atoms with Crippen LogP contribution in [0.3, 0.4) is 0 Å². The van der Waals surface area contributed by atoms with E-state index in [9.17, 15) is 31.8 Å². The molecular weight excluding hydrogens is 345 g/mol. The first-order valence-corrected chi connectivity index (χ1v) is 8.55. The van der Waals surface area contributed by atoms with Gasteiger partial charge in [-0.05, 0) is 23.8 Å². The second-order valence-electron chi connectivity index (χ2n) is 5.56. The molecule has 1 aliphatic heterocycles. The van der Waals surface area contributed by atoms with Crippen LogP contribution in [0.15, 0.2) is 53.4 Å². The molecule has 1 aliphatic rings. The molecule has 2 aromatic carbocycles. The SMILES string of the molecule is O=S1(=O)c2ccccc2C(O)C1C(O)c1ccc(C(F)(F)F)cc1. The molecule has 0 aromatic heterocycles. The Morgan fingerprint density at radius 2 is 1.58 bits per heavy atom. The summed E-state index contributed by atoms with van der Waals surface area (Å²) in [5.41, 5.74) is -0.742. The minimum Gasteiger partial charge on any atom is -0.387 e. The number of sulfone groups is 1. The monoisotopic (exact) mass is 358 g/mol. The van der Waals surface area contributed by atoms with Gasteiger partial charge >= 0.3 is 6.18 Å². The molecule has 4 nitrogen and oxygen atoms in total. The number of aliphatic hydroxyl groups excluding tert-OH is 2. The molecule has 0 bridgehead atoms. The summed E-state index contributed by atoms with van der Waals surface area (Å²) >= 11 is 0. The molecular formula is C16H13F3O4S. The molecule has 2 aromatic rings. The molecule has 0 amide bonds. The van der Waals surface area contributed by atoms with E-state index in [4.69, 9.17) is 0 Å². The van der Waals surface area contributed by atoms with E-state index in [2.05, 4.69) is 0 Å². The van der Waals surface area contributed by atoms with E-state index in [1.54, 1.807) is 6.07 Å². The van der Waals surface area contributed by atoms with E-state index >= 15 is 0 Å². The highest BCUT2D eigenvalue weighted by Gasteiger charge is 2.48. The van der Waals surface area contributed by atoms with Crippen LogP contribution in [0.5, 0.6) is 0 Å². The predicted molar refractivity (Wildman–Crippen MR) is 78.8 cm³/mol. The summed E-state index contributed by atoms with van der Waals surface area (Å²) in [5, 5.41) is 19.1. The molecule has 1 heterocycles. The molecule has 3 atom stereocenters. The van der Waals surface area contributed by atoms with Gasteiger partial charge in [-0.2, -0.15) is 13.2 Å². The summed E-state index contributed by atoms with van der Waals surface area (Å²) in [6, 6.07) is 9.38. The van der Waals surface area contributed by atoms with Gasteiger partial charge < -0.3 is 10.2 Å². The first-order valence-electron chi connectivity index (χ1n) is 7.00. The van der Waals surface area contributed by atoms with Crippen molar-refractivity contribution < 1.29 is 31.8 Å². The summed E-state index contributed by atoms with van der Waals surface area (Å²) in [7, 11) is -4.00. The van der Waals surface area contributed by atoms with Crippen LogP contribution in [0.4, 0.5) is 13.2 Å². The van der Waals surface area contributed by atoms with Crippen molar-refractivity contribution in [2.75, 3.05) is 0 Å². The second-order valence-corrected chi connectivity index (χ2v) is 7.63. The highest BCUT2D eigenvalue weighted by molar-refractivity contribution is 7.92. The molecule has 24 heavy (non-hydrogen) atoms. The maximum absolute atomic E-state index is 12.6. The van der Waals surface area contributed by atoms with E-state index in [0.29, 0.717) is 0 Å². The molecule has 3 unspecified atom stereocenters. The van der Waals surface area contributed by atoms with Crippen LogP contribution < -0.4 is 0 Å². The van der Waals surface area contributed by atoms with Crippen LogP contribution in [0, 0.1) is 0 Å². The lowest BCUT2D eigenvalue weighted by Gasteiger charge is -2.21. The maximum Gasteiger partial charge on any atom is 0.416 e. The van der Waals surface area contributed by atoms with E-state index in [0.717, 1.165) is 24.3 Å². The van der Waals surface area contributed by atoms with Gasteiger partial charge in [0.2, 0.25) is 0 Å². The van der Waals surface area contributed by atoms with Crippen LogP contribution in [0.25, 0.3) is 0 Å². The average molecular weight is 358 g/mol. The minimum absolute atomic E-state index is 0.0107. The lowest BCUT2D eigenvalue weighted by molar-refractivity contribution is -0.137. The topological polar surface area (TPSA) is 74.6 Å². The molecule has 128 valence electrons. The van der Waals surface area contributed by atoms with Crippen LogP contribution in [-0.2, 0) is 16.0 Å². The van der Waals surface area contributed by atoms with Gasteiger partial charge in [-0.25, -0.2) is 8.42 Å². The van der Waals surface area contributed by atoms with Gasteiger partial charge in [0.1, 0.15) is 11.4 Å². The van der Waals surface area contributed by atoms with E-state index in [-0.39, 0.29) is 16.0 Å². The van der Waals surface area contributed by atoms with Gasteiger partial charge in [0.15, 0.2) is 9.84 Å². The molecule has 2 N–H and O–H groups in total. The Kier molecular flexibility index (Phi) is 3.94.